The molecular weight excluding hydrogens is 125 g/mol. The van der Waals surface area contributed by atoms with Crippen molar-refractivity contribution in [3.63, 3.8) is 0 Å². The van der Waals surface area contributed by atoms with E-state index in [9.17, 15) is 4.57 Å². The molecule has 0 aliphatic rings. The fraction of sp³-hybridized carbons (Fsp3) is 1.00. The van der Waals surface area contributed by atoms with E-state index in [0.717, 1.165) is 0 Å². The van der Waals surface area contributed by atoms with Gasteiger partial charge in [0.1, 0.15) is 0 Å². The minimum absolute atomic E-state index is 0.237. The van der Waals surface area contributed by atoms with E-state index < -0.39 is 8.18 Å². The summed E-state index contributed by atoms with van der Waals surface area (Å²) in [6.45, 7) is 3.84. The van der Waals surface area contributed by atoms with Crippen LogP contribution in [0.1, 0.15) is 13.8 Å². The zero-order valence-electron chi connectivity index (χ0n) is 5.39. The first-order chi connectivity index (χ1) is 3.66. The lowest BCUT2D eigenvalue weighted by molar-refractivity contribution is 0.400. The second-order valence-electron chi connectivity index (χ2n) is 1.79. The van der Waals surface area contributed by atoms with Crippen LogP contribution in [0.15, 0.2) is 0 Å². The number of hydrogen-bond acceptors (Lipinski definition) is 2. The SMILES string of the molecule is CO[PH](=O)NC(C)C. The van der Waals surface area contributed by atoms with Crippen molar-refractivity contribution in [1.29, 1.82) is 0 Å². The van der Waals surface area contributed by atoms with E-state index in [4.69, 9.17) is 0 Å². The quantitative estimate of drug-likeness (QED) is 0.590. The van der Waals surface area contributed by atoms with E-state index in [-0.39, 0.29) is 6.04 Å². The van der Waals surface area contributed by atoms with Gasteiger partial charge in [-0.25, -0.2) is 5.09 Å². The predicted octanol–water partition coefficient (Wildman–Crippen LogP) is 1.02. The fourth-order valence-electron chi connectivity index (χ4n) is 0.295. The van der Waals surface area contributed by atoms with E-state index in [1.807, 2.05) is 13.8 Å². The molecule has 0 radical (unpaired) electrons. The van der Waals surface area contributed by atoms with E-state index >= 15 is 0 Å². The summed E-state index contributed by atoms with van der Waals surface area (Å²) >= 11 is 0. The molecule has 0 aromatic carbocycles. The zero-order valence-corrected chi connectivity index (χ0v) is 6.39. The van der Waals surface area contributed by atoms with E-state index in [2.05, 4.69) is 9.61 Å². The van der Waals surface area contributed by atoms with Crippen LogP contribution >= 0.6 is 8.18 Å². The van der Waals surface area contributed by atoms with Crippen LogP contribution in [-0.2, 0) is 9.09 Å². The number of hydrogen-bond donors (Lipinski definition) is 1. The van der Waals surface area contributed by atoms with Gasteiger partial charge in [-0.3, -0.25) is 4.57 Å². The minimum Gasteiger partial charge on any atom is -0.323 e. The molecule has 50 valence electrons. The van der Waals surface area contributed by atoms with Gasteiger partial charge in [-0.2, -0.15) is 0 Å². The third kappa shape index (κ3) is 4.31. The monoisotopic (exact) mass is 137 g/mol. The molecule has 1 atom stereocenters. The van der Waals surface area contributed by atoms with Crippen LogP contribution in [0, 0.1) is 0 Å². The fourth-order valence-corrected chi connectivity index (χ4v) is 0.884. The molecule has 0 aliphatic carbocycles. The highest BCUT2D eigenvalue weighted by molar-refractivity contribution is 7.36. The van der Waals surface area contributed by atoms with Crippen molar-refractivity contribution in [3.8, 4) is 0 Å². The van der Waals surface area contributed by atoms with Gasteiger partial charge in [0.15, 0.2) is 0 Å². The molecule has 0 spiro atoms. The highest BCUT2D eigenvalue weighted by Crippen LogP contribution is 2.13. The molecule has 0 rings (SSSR count). The molecule has 0 bridgehead atoms. The maximum Gasteiger partial charge on any atom is 0.258 e. The lowest BCUT2D eigenvalue weighted by atomic mass is 10.4. The summed E-state index contributed by atoms with van der Waals surface area (Å²) in [5.74, 6) is 0. The molecule has 0 saturated heterocycles. The summed E-state index contributed by atoms with van der Waals surface area (Å²) in [5.41, 5.74) is 0. The lowest BCUT2D eigenvalue weighted by Gasteiger charge is -2.04. The molecular formula is C4H12NO2P. The van der Waals surface area contributed by atoms with Gasteiger partial charge in [0, 0.05) is 13.2 Å². The Morgan fingerprint density at radius 3 is 2.25 bits per heavy atom. The van der Waals surface area contributed by atoms with Crippen molar-refractivity contribution < 1.29 is 9.09 Å². The van der Waals surface area contributed by atoms with Gasteiger partial charge in [-0.05, 0) is 13.8 Å². The molecule has 3 nitrogen and oxygen atoms in total. The number of nitrogens with one attached hydrogen (secondary N) is 1. The molecule has 0 aliphatic heterocycles. The Bertz CT molecular complexity index is 84.1. The van der Waals surface area contributed by atoms with Crippen molar-refractivity contribution in [2.45, 2.75) is 19.9 Å². The zero-order chi connectivity index (χ0) is 6.57. The van der Waals surface area contributed by atoms with E-state index in [0.29, 0.717) is 0 Å². The van der Waals surface area contributed by atoms with Gasteiger partial charge in [-0.15, -0.1) is 0 Å². The first kappa shape index (κ1) is 8.15. The van der Waals surface area contributed by atoms with Gasteiger partial charge in [0.25, 0.3) is 8.18 Å². The molecule has 8 heavy (non-hydrogen) atoms. The Morgan fingerprint density at radius 2 is 2.12 bits per heavy atom. The number of rotatable bonds is 3. The molecule has 1 N–H and O–H groups in total. The van der Waals surface area contributed by atoms with E-state index in [1.165, 1.54) is 7.11 Å². The molecule has 1 unspecified atom stereocenters. The van der Waals surface area contributed by atoms with Crippen molar-refractivity contribution in [1.82, 2.24) is 5.09 Å². The van der Waals surface area contributed by atoms with Gasteiger partial charge in [0.2, 0.25) is 0 Å². The molecule has 4 heteroatoms. The Morgan fingerprint density at radius 1 is 1.62 bits per heavy atom. The van der Waals surface area contributed by atoms with Crippen LogP contribution in [0.2, 0.25) is 0 Å². The second kappa shape index (κ2) is 4.07. The van der Waals surface area contributed by atoms with Crippen LogP contribution in [-0.4, -0.2) is 13.2 Å². The standard InChI is InChI=1S/C4H12NO2P/c1-4(2)5-8(6)7-3/h4,8H,1-3H3,(H,5,6). The van der Waals surface area contributed by atoms with Crippen molar-refractivity contribution in [3.05, 3.63) is 0 Å². The molecule has 0 fully saturated rings. The van der Waals surface area contributed by atoms with Gasteiger partial charge < -0.3 is 4.52 Å². The Hall–Kier alpha value is 0.150. The normalized spacial score (nSPS) is 14.5. The minimum atomic E-state index is -1.93. The average molecular weight is 137 g/mol. The third-order valence-corrected chi connectivity index (χ3v) is 1.78. The van der Waals surface area contributed by atoms with E-state index in [1.54, 1.807) is 0 Å². The summed E-state index contributed by atoms with van der Waals surface area (Å²) in [5, 5.41) is 2.72. The molecule has 0 saturated carbocycles. The first-order valence-electron chi connectivity index (χ1n) is 2.51. The summed E-state index contributed by atoms with van der Waals surface area (Å²) in [6, 6.07) is 0.237. The highest BCUT2D eigenvalue weighted by Gasteiger charge is 1.95. The molecule has 0 aromatic rings. The summed E-state index contributed by atoms with van der Waals surface area (Å²) in [4.78, 5) is 0. The molecule has 0 aromatic heterocycles. The Labute approximate surface area is 50.3 Å². The summed E-state index contributed by atoms with van der Waals surface area (Å²) in [7, 11) is -0.501. The van der Waals surface area contributed by atoms with Gasteiger partial charge >= 0.3 is 0 Å². The smallest absolute Gasteiger partial charge is 0.258 e. The predicted molar refractivity (Wildman–Crippen MR) is 34.3 cm³/mol. The van der Waals surface area contributed by atoms with Gasteiger partial charge in [-0.1, -0.05) is 0 Å². The maximum absolute atomic E-state index is 10.5. The second-order valence-corrected chi connectivity index (χ2v) is 3.06. The largest absolute Gasteiger partial charge is 0.323 e. The topological polar surface area (TPSA) is 38.3 Å². The van der Waals surface area contributed by atoms with Crippen molar-refractivity contribution >= 4 is 8.18 Å². The third-order valence-electron chi connectivity index (χ3n) is 0.592. The van der Waals surface area contributed by atoms with Crippen LogP contribution in [0.4, 0.5) is 0 Å². The Kier molecular flexibility index (Phi) is 4.15. The summed E-state index contributed by atoms with van der Waals surface area (Å²) < 4.78 is 15.0. The Balaban J connectivity index is 3.25. The van der Waals surface area contributed by atoms with Crippen LogP contribution in [0.3, 0.4) is 0 Å². The molecule has 0 heterocycles. The summed E-state index contributed by atoms with van der Waals surface area (Å²) in [6.07, 6.45) is 0. The highest BCUT2D eigenvalue weighted by atomic mass is 31.1. The van der Waals surface area contributed by atoms with Crippen LogP contribution in [0.25, 0.3) is 0 Å². The van der Waals surface area contributed by atoms with Gasteiger partial charge in [0.05, 0.1) is 0 Å². The van der Waals surface area contributed by atoms with Crippen LogP contribution in [0.5, 0.6) is 0 Å². The lowest BCUT2D eigenvalue weighted by Crippen LogP contribution is -2.13. The van der Waals surface area contributed by atoms with Crippen LogP contribution < -0.4 is 5.09 Å². The average Bonchev–Trinajstić information content (AvgIpc) is 1.65. The maximum atomic E-state index is 10.5. The first-order valence-corrected chi connectivity index (χ1v) is 3.83. The van der Waals surface area contributed by atoms with Crippen molar-refractivity contribution in [2.75, 3.05) is 7.11 Å². The molecule has 0 amide bonds. The van der Waals surface area contributed by atoms with Crippen molar-refractivity contribution in [2.24, 2.45) is 0 Å².